The second-order valence-corrected chi connectivity index (χ2v) is 3.52. The summed E-state index contributed by atoms with van der Waals surface area (Å²) in [5, 5.41) is 19.7. The van der Waals surface area contributed by atoms with Crippen molar-refractivity contribution in [3.05, 3.63) is 16.3 Å². The molecule has 1 aliphatic carbocycles. The summed E-state index contributed by atoms with van der Waals surface area (Å²) in [5.74, 6) is -0.0445. The van der Waals surface area contributed by atoms with E-state index in [2.05, 4.69) is 15.5 Å². The van der Waals surface area contributed by atoms with E-state index in [1.54, 1.807) is 0 Å². The first kappa shape index (κ1) is 8.98. The van der Waals surface area contributed by atoms with Gasteiger partial charge in [-0.2, -0.15) is 0 Å². The summed E-state index contributed by atoms with van der Waals surface area (Å²) in [7, 11) is 0. The van der Waals surface area contributed by atoms with Crippen LogP contribution < -0.4 is 5.32 Å². The van der Waals surface area contributed by atoms with Crippen LogP contribution in [0.2, 0.25) is 0 Å². The fourth-order valence-electron chi connectivity index (χ4n) is 1.81. The smallest absolute Gasteiger partial charge is 0.366 e. The molecule has 6 nitrogen and oxygen atoms in total. The van der Waals surface area contributed by atoms with Crippen molar-refractivity contribution in [1.82, 2.24) is 10.2 Å². The first-order chi connectivity index (χ1) is 6.77. The molecule has 2 N–H and O–H groups in total. The van der Waals surface area contributed by atoms with Gasteiger partial charge in [0.2, 0.25) is 0 Å². The number of anilines is 1. The summed E-state index contributed by atoms with van der Waals surface area (Å²) in [4.78, 5) is 10.1. The predicted octanol–water partition coefficient (Wildman–Crippen LogP) is 1.67. The zero-order valence-corrected chi connectivity index (χ0v) is 7.69. The molecule has 1 saturated carbocycles. The quantitative estimate of drug-likeness (QED) is 0.569. The Bertz CT molecular complexity index is 330. The average molecular weight is 196 g/mol. The third-order valence-electron chi connectivity index (χ3n) is 2.52. The lowest BCUT2D eigenvalue weighted by molar-refractivity contribution is -0.388. The van der Waals surface area contributed by atoms with Gasteiger partial charge in [0, 0.05) is 6.04 Å². The summed E-state index contributed by atoms with van der Waals surface area (Å²) >= 11 is 0. The van der Waals surface area contributed by atoms with Crippen LogP contribution in [-0.2, 0) is 0 Å². The lowest BCUT2D eigenvalue weighted by atomic mass is 10.2. The van der Waals surface area contributed by atoms with Gasteiger partial charge in [-0.3, -0.25) is 0 Å². The highest BCUT2D eigenvalue weighted by Gasteiger charge is 2.20. The van der Waals surface area contributed by atoms with Gasteiger partial charge in [-0.1, -0.05) is 17.9 Å². The number of nitro groups is 1. The maximum absolute atomic E-state index is 10.6. The predicted molar refractivity (Wildman–Crippen MR) is 51.1 cm³/mol. The lowest BCUT2D eigenvalue weighted by Crippen LogP contribution is -2.14. The van der Waals surface area contributed by atoms with Gasteiger partial charge in [-0.05, 0) is 17.8 Å². The molecule has 1 fully saturated rings. The Labute approximate surface area is 80.9 Å². The topological polar surface area (TPSA) is 83.8 Å². The highest BCUT2D eigenvalue weighted by molar-refractivity contribution is 5.56. The van der Waals surface area contributed by atoms with Crippen molar-refractivity contribution in [2.75, 3.05) is 5.32 Å². The van der Waals surface area contributed by atoms with Gasteiger partial charge in [-0.15, -0.1) is 5.10 Å². The molecule has 1 aliphatic rings. The van der Waals surface area contributed by atoms with E-state index in [1.807, 2.05) is 0 Å². The Balaban J connectivity index is 2.07. The summed E-state index contributed by atoms with van der Waals surface area (Å²) in [6.45, 7) is 0. The van der Waals surface area contributed by atoms with Gasteiger partial charge in [0.05, 0.1) is 0 Å². The second kappa shape index (κ2) is 3.65. The van der Waals surface area contributed by atoms with Gasteiger partial charge in [0.1, 0.15) is 6.20 Å². The fourth-order valence-corrected chi connectivity index (χ4v) is 1.81. The molecular weight excluding hydrogens is 184 g/mol. The molecule has 1 heterocycles. The zero-order chi connectivity index (χ0) is 9.97. The minimum absolute atomic E-state index is 0.0445. The second-order valence-electron chi connectivity index (χ2n) is 3.52. The molecule has 0 radical (unpaired) electrons. The molecule has 76 valence electrons. The van der Waals surface area contributed by atoms with E-state index in [-0.39, 0.29) is 5.82 Å². The Hall–Kier alpha value is -1.59. The molecule has 2 rings (SSSR count). The van der Waals surface area contributed by atoms with Crippen molar-refractivity contribution < 1.29 is 4.92 Å². The Kier molecular flexibility index (Phi) is 2.34. The van der Waals surface area contributed by atoms with E-state index in [9.17, 15) is 10.1 Å². The van der Waals surface area contributed by atoms with E-state index >= 15 is 0 Å². The first-order valence-corrected chi connectivity index (χ1v) is 4.71. The van der Waals surface area contributed by atoms with Crippen LogP contribution in [0.15, 0.2) is 6.20 Å². The minimum Gasteiger partial charge on any atom is -0.374 e. The number of hydrogen-bond acceptors (Lipinski definition) is 4. The molecule has 1 aromatic rings. The van der Waals surface area contributed by atoms with Crippen molar-refractivity contribution in [1.29, 1.82) is 0 Å². The largest absolute Gasteiger partial charge is 0.374 e. The maximum Gasteiger partial charge on any atom is 0.366 e. The van der Waals surface area contributed by atoms with Crippen LogP contribution in [0.1, 0.15) is 25.7 Å². The molecule has 14 heavy (non-hydrogen) atoms. The number of H-pyrrole nitrogens is 1. The standard InChI is InChI=1S/C8H12N4O2/c13-12(14)8-7(5-9-11-8)10-6-3-1-2-4-6/h5-6,10H,1-4H2,(H,9,11). The van der Waals surface area contributed by atoms with Crippen molar-refractivity contribution in [2.24, 2.45) is 0 Å². The van der Waals surface area contributed by atoms with E-state index in [4.69, 9.17) is 0 Å². The zero-order valence-electron chi connectivity index (χ0n) is 7.69. The fraction of sp³-hybridized carbons (Fsp3) is 0.625. The lowest BCUT2D eigenvalue weighted by Gasteiger charge is -2.10. The van der Waals surface area contributed by atoms with Crippen LogP contribution in [0.3, 0.4) is 0 Å². The molecule has 6 heteroatoms. The van der Waals surface area contributed by atoms with E-state index < -0.39 is 4.92 Å². The SMILES string of the molecule is O=[N+]([O-])c1[nH]ncc1NC1CCCC1. The van der Waals surface area contributed by atoms with Crippen LogP contribution in [-0.4, -0.2) is 21.2 Å². The first-order valence-electron chi connectivity index (χ1n) is 4.71. The van der Waals surface area contributed by atoms with Gasteiger partial charge < -0.3 is 15.4 Å². The van der Waals surface area contributed by atoms with E-state index in [0.29, 0.717) is 11.7 Å². The maximum atomic E-state index is 10.6. The summed E-state index contributed by atoms with van der Waals surface area (Å²) in [6.07, 6.45) is 6.04. The molecule has 0 bridgehead atoms. The van der Waals surface area contributed by atoms with Gasteiger partial charge in [-0.25, -0.2) is 0 Å². The number of aromatic amines is 1. The molecule has 0 saturated heterocycles. The van der Waals surface area contributed by atoms with Crippen LogP contribution in [0.4, 0.5) is 11.5 Å². The normalized spacial score (nSPS) is 17.1. The van der Waals surface area contributed by atoms with Gasteiger partial charge in [0.15, 0.2) is 5.69 Å². The minimum atomic E-state index is -0.454. The molecular formula is C8H12N4O2. The third kappa shape index (κ3) is 1.68. The van der Waals surface area contributed by atoms with Crippen LogP contribution in [0.25, 0.3) is 0 Å². The molecule has 0 atom stereocenters. The number of nitrogens with zero attached hydrogens (tertiary/aromatic N) is 2. The van der Waals surface area contributed by atoms with Gasteiger partial charge >= 0.3 is 5.82 Å². The van der Waals surface area contributed by atoms with E-state index in [0.717, 1.165) is 12.8 Å². The number of aromatic nitrogens is 2. The molecule has 0 spiro atoms. The molecule has 0 aliphatic heterocycles. The van der Waals surface area contributed by atoms with E-state index in [1.165, 1.54) is 19.0 Å². The number of rotatable bonds is 3. The monoisotopic (exact) mass is 196 g/mol. The highest BCUT2D eigenvalue weighted by atomic mass is 16.6. The Morgan fingerprint density at radius 3 is 2.93 bits per heavy atom. The molecule has 1 aromatic heterocycles. The third-order valence-corrected chi connectivity index (χ3v) is 2.52. The van der Waals surface area contributed by atoms with Gasteiger partial charge in [0.25, 0.3) is 0 Å². The highest BCUT2D eigenvalue weighted by Crippen LogP contribution is 2.26. The summed E-state index contributed by atoms with van der Waals surface area (Å²) in [5.41, 5.74) is 0.502. The summed E-state index contributed by atoms with van der Waals surface area (Å²) < 4.78 is 0. The molecule has 0 amide bonds. The molecule has 0 unspecified atom stereocenters. The Morgan fingerprint density at radius 1 is 1.57 bits per heavy atom. The van der Waals surface area contributed by atoms with Crippen LogP contribution >= 0.6 is 0 Å². The number of hydrogen-bond donors (Lipinski definition) is 2. The van der Waals surface area contributed by atoms with Crippen molar-refractivity contribution in [3.63, 3.8) is 0 Å². The van der Waals surface area contributed by atoms with Crippen LogP contribution in [0, 0.1) is 10.1 Å². The van der Waals surface area contributed by atoms with Crippen molar-refractivity contribution >= 4 is 11.5 Å². The average Bonchev–Trinajstić information content (AvgIpc) is 2.75. The van der Waals surface area contributed by atoms with Crippen LogP contribution in [0.5, 0.6) is 0 Å². The summed E-state index contributed by atoms with van der Waals surface area (Å²) in [6, 6.07) is 0.367. The number of nitrogens with one attached hydrogen (secondary N) is 2. The van der Waals surface area contributed by atoms with Crippen molar-refractivity contribution in [3.8, 4) is 0 Å². The Morgan fingerprint density at radius 2 is 2.29 bits per heavy atom. The molecule has 0 aromatic carbocycles. The van der Waals surface area contributed by atoms with Crippen molar-refractivity contribution in [2.45, 2.75) is 31.7 Å².